The summed E-state index contributed by atoms with van der Waals surface area (Å²) in [4.78, 5) is 0.538. The van der Waals surface area contributed by atoms with Gasteiger partial charge in [0, 0.05) is 6.04 Å². The molecule has 3 nitrogen and oxygen atoms in total. The first kappa shape index (κ1) is 12.6. The first-order valence-electron chi connectivity index (χ1n) is 5.96. The molecule has 94 valence electrons. The summed E-state index contributed by atoms with van der Waals surface area (Å²) in [5.74, 6) is 0. The van der Waals surface area contributed by atoms with Crippen molar-refractivity contribution in [2.24, 2.45) is 0 Å². The van der Waals surface area contributed by atoms with Crippen LogP contribution in [0.5, 0.6) is 0 Å². The molecule has 0 fully saturated rings. The fourth-order valence-corrected chi connectivity index (χ4v) is 4.47. The number of hydrogen-bond acceptors (Lipinski definition) is 3. The van der Waals surface area contributed by atoms with Gasteiger partial charge in [0.25, 0.3) is 0 Å². The molecule has 0 spiro atoms. The van der Waals surface area contributed by atoms with Crippen molar-refractivity contribution in [1.82, 2.24) is 5.32 Å². The smallest absolute Gasteiger partial charge is 0.181 e. The zero-order valence-corrected chi connectivity index (χ0v) is 11.3. The highest BCUT2D eigenvalue weighted by Crippen LogP contribution is 2.33. The fourth-order valence-electron chi connectivity index (χ4n) is 2.40. The van der Waals surface area contributed by atoms with Crippen molar-refractivity contribution in [3.8, 4) is 0 Å². The number of rotatable bonds is 3. The van der Waals surface area contributed by atoms with Gasteiger partial charge in [-0.25, -0.2) is 8.42 Å². The molecular weight excluding hydrogens is 234 g/mol. The van der Waals surface area contributed by atoms with E-state index < -0.39 is 9.84 Å². The van der Waals surface area contributed by atoms with Crippen LogP contribution in [0.4, 0.5) is 0 Å². The molecule has 17 heavy (non-hydrogen) atoms. The molecule has 0 aliphatic carbocycles. The van der Waals surface area contributed by atoms with Crippen LogP contribution >= 0.6 is 0 Å². The van der Waals surface area contributed by atoms with Gasteiger partial charge in [-0.15, -0.1) is 0 Å². The molecule has 2 unspecified atom stereocenters. The van der Waals surface area contributed by atoms with E-state index in [1.807, 2.05) is 33.0 Å². The number of benzene rings is 1. The SMILES string of the molecule is CNC(C)CC1Cc2cc(C)ccc2S1(=O)=O. The Bertz CT molecular complexity index is 522. The minimum absolute atomic E-state index is 0.227. The van der Waals surface area contributed by atoms with E-state index in [2.05, 4.69) is 5.32 Å². The van der Waals surface area contributed by atoms with Gasteiger partial charge in [-0.05, 0) is 45.4 Å². The van der Waals surface area contributed by atoms with Crippen LogP contribution in [0.2, 0.25) is 0 Å². The Balaban J connectivity index is 2.33. The number of sulfone groups is 1. The highest BCUT2D eigenvalue weighted by Gasteiger charge is 2.37. The molecule has 1 aromatic rings. The molecule has 1 N–H and O–H groups in total. The van der Waals surface area contributed by atoms with Crippen LogP contribution in [0, 0.1) is 6.92 Å². The van der Waals surface area contributed by atoms with E-state index in [4.69, 9.17) is 0 Å². The van der Waals surface area contributed by atoms with Gasteiger partial charge < -0.3 is 5.32 Å². The third kappa shape index (κ3) is 2.24. The van der Waals surface area contributed by atoms with Gasteiger partial charge in [-0.2, -0.15) is 0 Å². The largest absolute Gasteiger partial charge is 0.317 e. The molecule has 0 aromatic heterocycles. The van der Waals surface area contributed by atoms with Crippen molar-refractivity contribution in [1.29, 1.82) is 0 Å². The van der Waals surface area contributed by atoms with Crippen molar-refractivity contribution >= 4 is 9.84 Å². The van der Waals surface area contributed by atoms with Gasteiger partial charge in [-0.1, -0.05) is 17.7 Å². The highest BCUT2D eigenvalue weighted by molar-refractivity contribution is 7.92. The molecule has 4 heteroatoms. The number of nitrogens with one attached hydrogen (secondary N) is 1. The van der Waals surface area contributed by atoms with Crippen LogP contribution in [0.3, 0.4) is 0 Å². The Morgan fingerprint density at radius 1 is 1.47 bits per heavy atom. The first-order chi connectivity index (χ1) is 7.95. The maximum atomic E-state index is 12.3. The number of hydrogen-bond donors (Lipinski definition) is 1. The lowest BCUT2D eigenvalue weighted by Crippen LogP contribution is -2.29. The van der Waals surface area contributed by atoms with E-state index in [0.29, 0.717) is 17.7 Å². The topological polar surface area (TPSA) is 46.2 Å². The van der Waals surface area contributed by atoms with E-state index in [0.717, 1.165) is 11.1 Å². The van der Waals surface area contributed by atoms with Crippen molar-refractivity contribution in [3.63, 3.8) is 0 Å². The van der Waals surface area contributed by atoms with E-state index in [9.17, 15) is 8.42 Å². The molecule has 0 amide bonds. The molecule has 2 rings (SSSR count). The second-order valence-electron chi connectivity index (χ2n) is 4.91. The fraction of sp³-hybridized carbons (Fsp3) is 0.538. The Hall–Kier alpha value is -0.870. The summed E-state index contributed by atoms with van der Waals surface area (Å²) in [6.07, 6.45) is 1.33. The maximum Gasteiger partial charge on any atom is 0.181 e. The summed E-state index contributed by atoms with van der Waals surface area (Å²) >= 11 is 0. The minimum Gasteiger partial charge on any atom is -0.317 e. The lowest BCUT2D eigenvalue weighted by molar-refractivity contribution is 0.526. The second-order valence-corrected chi connectivity index (χ2v) is 7.10. The predicted molar refractivity (Wildman–Crippen MR) is 69.0 cm³/mol. The van der Waals surface area contributed by atoms with Gasteiger partial charge in [0.1, 0.15) is 0 Å². The van der Waals surface area contributed by atoms with Gasteiger partial charge in [0.05, 0.1) is 10.1 Å². The first-order valence-corrected chi connectivity index (χ1v) is 7.50. The quantitative estimate of drug-likeness (QED) is 0.891. The predicted octanol–water partition coefficient (Wildman–Crippen LogP) is 1.69. The third-order valence-corrected chi connectivity index (χ3v) is 5.77. The molecule has 1 heterocycles. The average molecular weight is 253 g/mol. The Morgan fingerprint density at radius 2 is 2.18 bits per heavy atom. The van der Waals surface area contributed by atoms with Gasteiger partial charge >= 0.3 is 0 Å². The van der Waals surface area contributed by atoms with Crippen LogP contribution in [-0.4, -0.2) is 26.8 Å². The van der Waals surface area contributed by atoms with Gasteiger partial charge in [0.15, 0.2) is 9.84 Å². The van der Waals surface area contributed by atoms with Crippen molar-refractivity contribution in [2.45, 2.75) is 42.9 Å². The third-order valence-electron chi connectivity index (χ3n) is 3.52. The summed E-state index contributed by atoms with van der Waals surface area (Å²) in [5.41, 5.74) is 2.11. The number of fused-ring (bicyclic) bond motifs is 1. The van der Waals surface area contributed by atoms with Crippen molar-refractivity contribution in [2.75, 3.05) is 7.05 Å². The molecule has 1 aliphatic rings. The Kier molecular flexibility index (Phi) is 3.27. The molecule has 0 bridgehead atoms. The lowest BCUT2D eigenvalue weighted by atomic mass is 10.0. The van der Waals surface area contributed by atoms with Crippen molar-refractivity contribution < 1.29 is 8.42 Å². The number of aryl methyl sites for hydroxylation is 1. The van der Waals surface area contributed by atoms with Gasteiger partial charge in [0.2, 0.25) is 0 Å². The van der Waals surface area contributed by atoms with Crippen LogP contribution in [0.1, 0.15) is 24.5 Å². The Labute approximate surface area is 103 Å². The molecule has 1 aliphatic heterocycles. The van der Waals surface area contributed by atoms with Crippen LogP contribution < -0.4 is 5.32 Å². The Morgan fingerprint density at radius 3 is 2.82 bits per heavy atom. The molecule has 0 saturated heterocycles. The second kappa shape index (κ2) is 4.42. The van der Waals surface area contributed by atoms with Crippen molar-refractivity contribution in [3.05, 3.63) is 29.3 Å². The standard InChI is InChI=1S/C13H19NO2S/c1-9-4-5-13-11(6-9)8-12(17(13,15)16)7-10(2)14-3/h4-6,10,12,14H,7-8H2,1-3H3. The maximum absolute atomic E-state index is 12.3. The van der Waals surface area contributed by atoms with Crippen LogP contribution in [-0.2, 0) is 16.3 Å². The van der Waals surface area contributed by atoms with Crippen LogP contribution in [0.15, 0.2) is 23.1 Å². The monoisotopic (exact) mass is 253 g/mol. The minimum atomic E-state index is -3.11. The van der Waals surface area contributed by atoms with E-state index >= 15 is 0 Å². The molecule has 1 aromatic carbocycles. The van der Waals surface area contributed by atoms with E-state index in [-0.39, 0.29) is 11.3 Å². The zero-order chi connectivity index (χ0) is 12.6. The van der Waals surface area contributed by atoms with Gasteiger partial charge in [-0.3, -0.25) is 0 Å². The summed E-state index contributed by atoms with van der Waals surface area (Å²) < 4.78 is 24.6. The molecular formula is C13H19NO2S. The lowest BCUT2D eigenvalue weighted by Gasteiger charge is -2.15. The van der Waals surface area contributed by atoms with E-state index in [1.165, 1.54) is 0 Å². The molecule has 0 radical (unpaired) electrons. The van der Waals surface area contributed by atoms with Crippen LogP contribution in [0.25, 0.3) is 0 Å². The molecule has 0 saturated carbocycles. The summed E-state index contributed by atoms with van der Waals surface area (Å²) in [7, 11) is -1.24. The molecule has 2 atom stereocenters. The summed E-state index contributed by atoms with van der Waals surface area (Å²) in [6.45, 7) is 4.01. The van der Waals surface area contributed by atoms with E-state index in [1.54, 1.807) is 6.07 Å². The highest BCUT2D eigenvalue weighted by atomic mass is 32.2. The normalized spacial score (nSPS) is 23.4. The summed E-state index contributed by atoms with van der Waals surface area (Å²) in [5, 5.41) is 2.84. The average Bonchev–Trinajstić information content (AvgIpc) is 2.50. The summed E-state index contributed by atoms with van der Waals surface area (Å²) in [6, 6.07) is 5.85. The zero-order valence-electron chi connectivity index (χ0n) is 10.5.